The highest BCUT2D eigenvalue weighted by Gasteiger charge is 2.35. The zero-order chi connectivity index (χ0) is 19.6. The molecule has 2 amide bonds. The topological polar surface area (TPSA) is 71.3 Å². The molecule has 5 nitrogen and oxygen atoms in total. The summed E-state index contributed by atoms with van der Waals surface area (Å²) in [6, 6.07) is 9.32. The first-order valence-corrected chi connectivity index (χ1v) is 9.17. The van der Waals surface area contributed by atoms with Gasteiger partial charge in [-0.1, -0.05) is 26.0 Å². The number of carbonyl (C=O) groups excluding carboxylic acids is 2. The molecule has 0 fully saturated rings. The fourth-order valence-corrected chi connectivity index (χ4v) is 3.59. The van der Waals surface area contributed by atoms with Gasteiger partial charge in [0.05, 0.1) is 6.04 Å². The number of hydrogen-bond acceptors (Lipinski definition) is 3. The van der Waals surface area contributed by atoms with Crippen molar-refractivity contribution in [2.45, 2.75) is 46.6 Å². The Hall–Kier alpha value is -2.82. The van der Waals surface area contributed by atoms with Gasteiger partial charge in [0.15, 0.2) is 0 Å². The predicted molar refractivity (Wildman–Crippen MR) is 106 cm³/mol. The van der Waals surface area contributed by atoms with Gasteiger partial charge in [-0.05, 0) is 48.6 Å². The number of anilines is 1. The van der Waals surface area contributed by atoms with Crippen LogP contribution in [0, 0.1) is 12.3 Å². The molecule has 27 heavy (non-hydrogen) atoms. The van der Waals surface area contributed by atoms with Crippen molar-refractivity contribution in [3.05, 3.63) is 59.1 Å². The van der Waals surface area contributed by atoms with E-state index in [2.05, 4.69) is 24.5 Å². The maximum Gasteiger partial charge on any atom is 0.244 e. The lowest BCUT2D eigenvalue weighted by molar-refractivity contribution is -0.117. The van der Waals surface area contributed by atoms with Gasteiger partial charge in [0.2, 0.25) is 11.8 Å². The molecule has 1 aliphatic carbocycles. The third-order valence-corrected chi connectivity index (χ3v) is 4.71. The smallest absolute Gasteiger partial charge is 0.244 e. The first kappa shape index (κ1) is 19.0. The number of nitrogens with one attached hydrogen (secondary N) is 2. The normalized spacial score (nSPS) is 18.1. The number of furan rings is 1. The van der Waals surface area contributed by atoms with Crippen molar-refractivity contribution in [3.8, 4) is 0 Å². The van der Waals surface area contributed by atoms with E-state index >= 15 is 0 Å². The Morgan fingerprint density at radius 1 is 1.22 bits per heavy atom. The molecule has 1 aromatic heterocycles. The zero-order valence-electron chi connectivity index (χ0n) is 16.3. The van der Waals surface area contributed by atoms with Crippen molar-refractivity contribution in [1.82, 2.24) is 5.32 Å². The minimum Gasteiger partial charge on any atom is -0.466 e. The van der Waals surface area contributed by atoms with Crippen LogP contribution >= 0.6 is 0 Å². The summed E-state index contributed by atoms with van der Waals surface area (Å²) in [6.45, 7) is 7.80. The summed E-state index contributed by atoms with van der Waals surface area (Å²) in [6.07, 6.45) is 5.08. The number of rotatable bonds is 4. The molecule has 1 aromatic carbocycles. The fourth-order valence-electron chi connectivity index (χ4n) is 3.59. The second-order valence-corrected chi connectivity index (χ2v) is 7.98. The highest BCUT2D eigenvalue weighted by molar-refractivity contribution is 5.92. The van der Waals surface area contributed by atoms with Crippen molar-refractivity contribution >= 4 is 23.6 Å². The molecule has 5 heteroatoms. The number of fused-ring (bicyclic) bond motifs is 1. The Labute approximate surface area is 159 Å². The molecule has 0 saturated carbocycles. The average Bonchev–Trinajstić information content (AvgIpc) is 2.92. The van der Waals surface area contributed by atoms with Crippen LogP contribution in [0.1, 0.15) is 55.9 Å². The molecule has 0 bridgehead atoms. The van der Waals surface area contributed by atoms with E-state index in [-0.39, 0.29) is 23.3 Å². The highest BCUT2D eigenvalue weighted by atomic mass is 16.3. The molecular weight excluding hydrogens is 340 g/mol. The Bertz CT molecular complexity index is 875. The zero-order valence-corrected chi connectivity index (χ0v) is 16.3. The van der Waals surface area contributed by atoms with Crippen LogP contribution in [0.3, 0.4) is 0 Å². The molecule has 2 aromatic rings. The van der Waals surface area contributed by atoms with Gasteiger partial charge in [0, 0.05) is 30.7 Å². The quantitative estimate of drug-likeness (QED) is 0.789. The van der Waals surface area contributed by atoms with Crippen LogP contribution in [-0.2, 0) is 16.0 Å². The van der Waals surface area contributed by atoms with Gasteiger partial charge in [-0.2, -0.15) is 0 Å². The lowest BCUT2D eigenvalue weighted by Gasteiger charge is -2.34. The minimum absolute atomic E-state index is 0.0412. The molecule has 0 aliphatic heterocycles. The van der Waals surface area contributed by atoms with E-state index in [0.717, 1.165) is 41.2 Å². The molecule has 1 unspecified atom stereocenters. The van der Waals surface area contributed by atoms with E-state index in [1.54, 1.807) is 12.2 Å². The van der Waals surface area contributed by atoms with Gasteiger partial charge >= 0.3 is 0 Å². The van der Waals surface area contributed by atoms with Crippen molar-refractivity contribution in [2.24, 2.45) is 5.41 Å². The van der Waals surface area contributed by atoms with Crippen LogP contribution in [0.4, 0.5) is 5.69 Å². The summed E-state index contributed by atoms with van der Waals surface area (Å²) in [7, 11) is 0. The van der Waals surface area contributed by atoms with Crippen molar-refractivity contribution in [3.63, 3.8) is 0 Å². The summed E-state index contributed by atoms with van der Waals surface area (Å²) in [5, 5.41) is 5.83. The Kier molecular flexibility index (Phi) is 5.22. The molecule has 0 spiro atoms. The first-order valence-electron chi connectivity index (χ1n) is 9.17. The average molecular weight is 366 g/mol. The van der Waals surface area contributed by atoms with E-state index in [9.17, 15) is 9.59 Å². The molecule has 2 N–H and O–H groups in total. The summed E-state index contributed by atoms with van der Waals surface area (Å²) < 4.78 is 5.82. The van der Waals surface area contributed by atoms with Crippen molar-refractivity contribution in [2.75, 3.05) is 5.32 Å². The van der Waals surface area contributed by atoms with Gasteiger partial charge < -0.3 is 15.1 Å². The monoisotopic (exact) mass is 366 g/mol. The van der Waals surface area contributed by atoms with E-state index in [1.807, 2.05) is 37.3 Å². The Morgan fingerprint density at radius 3 is 2.59 bits per heavy atom. The van der Waals surface area contributed by atoms with Crippen LogP contribution in [-0.4, -0.2) is 11.8 Å². The van der Waals surface area contributed by atoms with Gasteiger partial charge in [-0.3, -0.25) is 9.59 Å². The lowest BCUT2D eigenvalue weighted by Crippen LogP contribution is -2.35. The van der Waals surface area contributed by atoms with E-state index in [4.69, 9.17) is 4.42 Å². The summed E-state index contributed by atoms with van der Waals surface area (Å²) in [5.41, 5.74) is 2.80. The minimum atomic E-state index is -0.131. The van der Waals surface area contributed by atoms with E-state index in [1.165, 1.54) is 6.92 Å². The predicted octanol–water partition coefficient (Wildman–Crippen LogP) is 4.39. The fraction of sp³-hybridized carbons (Fsp3) is 0.364. The first-order chi connectivity index (χ1) is 12.7. The van der Waals surface area contributed by atoms with Gasteiger partial charge in [-0.15, -0.1) is 0 Å². The Morgan fingerprint density at radius 2 is 1.93 bits per heavy atom. The number of carbonyl (C=O) groups is 2. The molecular formula is C22H26N2O3. The summed E-state index contributed by atoms with van der Waals surface area (Å²) in [5.74, 6) is 1.62. The number of aryl methyl sites for hydroxylation is 1. The molecule has 1 heterocycles. The van der Waals surface area contributed by atoms with Gasteiger partial charge in [0.25, 0.3) is 0 Å². The standard InChI is InChI=1S/C22H26N2O3/c1-14-11-18-19(12-22(3,4)13-20(18)27-14)24-21(26)10-7-16-5-8-17(9-6-16)23-15(2)25/h5-11,19H,12-13H2,1-4H3,(H,23,25)(H,24,26). The summed E-state index contributed by atoms with van der Waals surface area (Å²) in [4.78, 5) is 23.5. The Balaban J connectivity index is 1.66. The number of amides is 2. The SMILES string of the molecule is CC(=O)Nc1ccc(C=CC(=O)NC2CC(C)(C)Cc3oc(C)cc32)cc1. The van der Waals surface area contributed by atoms with Crippen LogP contribution in [0.2, 0.25) is 0 Å². The van der Waals surface area contributed by atoms with Gasteiger partial charge in [-0.25, -0.2) is 0 Å². The highest BCUT2D eigenvalue weighted by Crippen LogP contribution is 2.41. The summed E-state index contributed by atoms with van der Waals surface area (Å²) >= 11 is 0. The third kappa shape index (κ3) is 4.88. The molecule has 0 saturated heterocycles. The lowest BCUT2D eigenvalue weighted by atomic mass is 9.74. The second kappa shape index (κ2) is 7.43. The molecule has 3 rings (SSSR count). The van der Waals surface area contributed by atoms with Crippen LogP contribution < -0.4 is 10.6 Å². The maximum absolute atomic E-state index is 12.4. The second-order valence-electron chi connectivity index (χ2n) is 7.98. The molecule has 1 atom stereocenters. The number of benzene rings is 1. The molecule has 1 aliphatic rings. The van der Waals surface area contributed by atoms with Crippen molar-refractivity contribution in [1.29, 1.82) is 0 Å². The van der Waals surface area contributed by atoms with Crippen molar-refractivity contribution < 1.29 is 14.0 Å². The van der Waals surface area contributed by atoms with E-state index in [0.29, 0.717) is 0 Å². The third-order valence-electron chi connectivity index (χ3n) is 4.71. The number of hydrogen-bond donors (Lipinski definition) is 2. The van der Waals surface area contributed by atoms with Gasteiger partial charge in [0.1, 0.15) is 11.5 Å². The maximum atomic E-state index is 12.4. The van der Waals surface area contributed by atoms with E-state index < -0.39 is 0 Å². The van der Waals surface area contributed by atoms with Crippen LogP contribution in [0.25, 0.3) is 6.08 Å². The van der Waals surface area contributed by atoms with Crippen LogP contribution in [0.5, 0.6) is 0 Å². The largest absolute Gasteiger partial charge is 0.466 e. The molecule has 0 radical (unpaired) electrons. The van der Waals surface area contributed by atoms with Crippen LogP contribution in [0.15, 0.2) is 40.8 Å². The molecule has 142 valence electrons.